The van der Waals surface area contributed by atoms with Gasteiger partial charge in [0.15, 0.2) is 0 Å². The van der Waals surface area contributed by atoms with Crippen LogP contribution in [0.1, 0.15) is 19.3 Å². The maximum atomic E-state index is 13.3. The van der Waals surface area contributed by atoms with Crippen LogP contribution in [0.2, 0.25) is 0 Å². The normalized spacial score (nSPS) is 26.8. The monoisotopic (exact) mass is 248 g/mol. The molecule has 3 rings (SSSR count). The number of rotatable bonds is 1. The number of imide groups is 1. The highest BCUT2D eigenvalue weighted by atomic mass is 19.1. The zero-order valence-corrected chi connectivity index (χ0v) is 9.73. The van der Waals surface area contributed by atoms with E-state index in [-0.39, 0.29) is 35.0 Å². The van der Waals surface area contributed by atoms with Gasteiger partial charge in [-0.2, -0.15) is 0 Å². The molecule has 2 N–H and O–H groups in total. The van der Waals surface area contributed by atoms with Crippen LogP contribution in [0.3, 0.4) is 0 Å². The van der Waals surface area contributed by atoms with Crippen LogP contribution in [0.5, 0.6) is 0 Å². The SMILES string of the molecule is Nc1cc(F)cc(N2C(=O)C3CCCC3C2=O)c1. The number of halogens is 1. The van der Waals surface area contributed by atoms with E-state index in [1.54, 1.807) is 0 Å². The summed E-state index contributed by atoms with van der Waals surface area (Å²) >= 11 is 0. The third-order valence-corrected chi connectivity index (χ3v) is 3.75. The first-order valence-corrected chi connectivity index (χ1v) is 6.02. The highest BCUT2D eigenvalue weighted by molar-refractivity contribution is 6.22. The number of hydrogen-bond donors (Lipinski definition) is 1. The number of carbonyl (C=O) groups excluding carboxylic acids is 2. The molecule has 1 saturated carbocycles. The van der Waals surface area contributed by atoms with Crippen LogP contribution in [-0.4, -0.2) is 11.8 Å². The highest BCUT2D eigenvalue weighted by Crippen LogP contribution is 2.41. The molecule has 0 bridgehead atoms. The molecule has 0 spiro atoms. The smallest absolute Gasteiger partial charge is 0.237 e. The van der Waals surface area contributed by atoms with E-state index in [2.05, 4.69) is 0 Å². The number of amides is 2. The minimum atomic E-state index is -0.539. The van der Waals surface area contributed by atoms with Crippen molar-refractivity contribution in [3.63, 3.8) is 0 Å². The average Bonchev–Trinajstić information content (AvgIpc) is 2.83. The van der Waals surface area contributed by atoms with Crippen molar-refractivity contribution in [2.75, 3.05) is 10.6 Å². The van der Waals surface area contributed by atoms with Crippen LogP contribution < -0.4 is 10.6 Å². The first-order chi connectivity index (χ1) is 8.58. The molecule has 0 radical (unpaired) electrons. The first-order valence-electron chi connectivity index (χ1n) is 6.02. The van der Waals surface area contributed by atoms with Gasteiger partial charge in [0.1, 0.15) is 5.82 Å². The molecule has 2 atom stereocenters. The van der Waals surface area contributed by atoms with Crippen molar-refractivity contribution >= 4 is 23.2 Å². The quantitative estimate of drug-likeness (QED) is 0.607. The number of carbonyl (C=O) groups is 2. The Morgan fingerprint density at radius 1 is 1.11 bits per heavy atom. The minimum Gasteiger partial charge on any atom is -0.399 e. The second kappa shape index (κ2) is 3.80. The average molecular weight is 248 g/mol. The Kier molecular flexibility index (Phi) is 2.36. The van der Waals surface area contributed by atoms with Crippen LogP contribution >= 0.6 is 0 Å². The summed E-state index contributed by atoms with van der Waals surface area (Å²) in [5.41, 5.74) is 6.00. The van der Waals surface area contributed by atoms with Crippen molar-refractivity contribution in [2.45, 2.75) is 19.3 Å². The van der Waals surface area contributed by atoms with Crippen molar-refractivity contribution in [1.29, 1.82) is 0 Å². The molecule has 2 unspecified atom stereocenters. The molecule has 1 aliphatic heterocycles. The van der Waals surface area contributed by atoms with Gasteiger partial charge in [0.05, 0.1) is 17.5 Å². The summed E-state index contributed by atoms with van der Waals surface area (Å²) < 4.78 is 13.3. The number of nitrogens with zero attached hydrogens (tertiary/aromatic N) is 1. The fraction of sp³-hybridized carbons (Fsp3) is 0.385. The van der Waals surface area contributed by atoms with Gasteiger partial charge < -0.3 is 5.73 Å². The van der Waals surface area contributed by atoms with Gasteiger partial charge in [-0.15, -0.1) is 0 Å². The first kappa shape index (κ1) is 11.2. The van der Waals surface area contributed by atoms with Crippen molar-refractivity contribution < 1.29 is 14.0 Å². The Bertz CT molecular complexity index is 502. The van der Waals surface area contributed by atoms with Crippen molar-refractivity contribution in [3.05, 3.63) is 24.0 Å². The number of fused-ring (bicyclic) bond motifs is 1. The zero-order chi connectivity index (χ0) is 12.9. The van der Waals surface area contributed by atoms with E-state index in [1.165, 1.54) is 12.1 Å². The van der Waals surface area contributed by atoms with E-state index in [0.29, 0.717) is 0 Å². The zero-order valence-electron chi connectivity index (χ0n) is 9.73. The van der Waals surface area contributed by atoms with Crippen LogP contribution in [-0.2, 0) is 9.59 Å². The molecular formula is C13H13FN2O2. The Morgan fingerprint density at radius 2 is 1.72 bits per heavy atom. The van der Waals surface area contributed by atoms with E-state index in [1.807, 2.05) is 0 Å². The molecule has 1 saturated heterocycles. The van der Waals surface area contributed by atoms with Crippen LogP contribution in [0.4, 0.5) is 15.8 Å². The Hall–Kier alpha value is -1.91. The van der Waals surface area contributed by atoms with E-state index in [4.69, 9.17) is 5.73 Å². The third-order valence-electron chi connectivity index (χ3n) is 3.75. The molecule has 2 amide bonds. The molecule has 18 heavy (non-hydrogen) atoms. The van der Waals surface area contributed by atoms with Crippen molar-refractivity contribution in [3.8, 4) is 0 Å². The summed E-state index contributed by atoms with van der Waals surface area (Å²) in [6, 6.07) is 3.79. The number of benzene rings is 1. The fourth-order valence-corrected chi connectivity index (χ4v) is 2.97. The number of nitrogens with two attached hydrogens (primary N) is 1. The molecule has 1 aliphatic carbocycles. The van der Waals surface area contributed by atoms with Crippen LogP contribution in [0, 0.1) is 17.7 Å². The van der Waals surface area contributed by atoms with Crippen LogP contribution in [0.15, 0.2) is 18.2 Å². The van der Waals surface area contributed by atoms with Gasteiger partial charge >= 0.3 is 0 Å². The lowest BCUT2D eigenvalue weighted by Gasteiger charge is -2.16. The molecule has 2 fully saturated rings. The third kappa shape index (κ3) is 1.50. The summed E-state index contributed by atoms with van der Waals surface area (Å²) in [6.07, 6.45) is 2.40. The summed E-state index contributed by atoms with van der Waals surface area (Å²) in [4.78, 5) is 25.4. The molecule has 1 aromatic rings. The highest BCUT2D eigenvalue weighted by Gasteiger charge is 2.50. The lowest BCUT2D eigenvalue weighted by Crippen LogP contribution is -2.31. The molecule has 94 valence electrons. The van der Waals surface area contributed by atoms with Crippen molar-refractivity contribution in [1.82, 2.24) is 0 Å². The van der Waals surface area contributed by atoms with Crippen LogP contribution in [0.25, 0.3) is 0 Å². The molecule has 5 heteroatoms. The lowest BCUT2D eigenvalue weighted by molar-refractivity contribution is -0.122. The number of nitrogen functional groups attached to an aromatic ring is 1. The van der Waals surface area contributed by atoms with Gasteiger partial charge in [-0.3, -0.25) is 9.59 Å². The Morgan fingerprint density at radius 3 is 2.28 bits per heavy atom. The standard InChI is InChI=1S/C13H13FN2O2/c14-7-4-8(15)6-9(5-7)16-12(17)10-2-1-3-11(10)13(16)18/h4-6,10-11H,1-3,15H2. The molecule has 1 heterocycles. The second-order valence-corrected chi connectivity index (χ2v) is 4.90. The summed E-state index contributed by atoms with van der Waals surface area (Å²) in [6.45, 7) is 0. The van der Waals surface area contributed by atoms with E-state index in [9.17, 15) is 14.0 Å². The predicted octanol–water partition coefficient (Wildman–Crippen LogP) is 1.70. The number of hydrogen-bond acceptors (Lipinski definition) is 3. The molecule has 0 aromatic heterocycles. The van der Waals surface area contributed by atoms with Gasteiger partial charge in [0.25, 0.3) is 0 Å². The van der Waals surface area contributed by atoms with Crippen molar-refractivity contribution in [2.24, 2.45) is 11.8 Å². The summed E-state index contributed by atoms with van der Waals surface area (Å²) in [7, 11) is 0. The largest absolute Gasteiger partial charge is 0.399 e. The summed E-state index contributed by atoms with van der Waals surface area (Å²) in [5.74, 6) is -1.41. The maximum Gasteiger partial charge on any atom is 0.237 e. The minimum absolute atomic E-state index is 0.211. The maximum absolute atomic E-state index is 13.3. The fourth-order valence-electron chi connectivity index (χ4n) is 2.97. The Balaban J connectivity index is 2.02. The molecule has 1 aromatic carbocycles. The molecular weight excluding hydrogens is 235 g/mol. The van der Waals surface area contributed by atoms with Gasteiger partial charge in [-0.05, 0) is 31.0 Å². The van der Waals surface area contributed by atoms with E-state index in [0.717, 1.165) is 30.2 Å². The lowest BCUT2D eigenvalue weighted by atomic mass is 10.00. The van der Waals surface area contributed by atoms with E-state index < -0.39 is 5.82 Å². The van der Waals surface area contributed by atoms with E-state index >= 15 is 0 Å². The van der Waals surface area contributed by atoms with Gasteiger partial charge in [-0.1, -0.05) is 6.42 Å². The van der Waals surface area contributed by atoms with Gasteiger partial charge in [0.2, 0.25) is 11.8 Å². The summed E-state index contributed by atoms with van der Waals surface area (Å²) in [5, 5.41) is 0. The topological polar surface area (TPSA) is 63.4 Å². The number of anilines is 2. The van der Waals surface area contributed by atoms with Gasteiger partial charge in [-0.25, -0.2) is 9.29 Å². The molecule has 4 nitrogen and oxygen atoms in total. The predicted molar refractivity (Wildman–Crippen MR) is 64.1 cm³/mol. The second-order valence-electron chi connectivity index (χ2n) is 4.90. The van der Waals surface area contributed by atoms with Gasteiger partial charge in [0, 0.05) is 5.69 Å². The molecule has 2 aliphatic rings. The Labute approximate surface area is 104 Å².